The van der Waals surface area contributed by atoms with Gasteiger partial charge in [-0.3, -0.25) is 9.59 Å². The summed E-state index contributed by atoms with van der Waals surface area (Å²) in [4.78, 5) is 22.6. The van der Waals surface area contributed by atoms with E-state index in [2.05, 4.69) is 10.6 Å². The summed E-state index contributed by atoms with van der Waals surface area (Å²) in [7, 11) is 0. The van der Waals surface area contributed by atoms with Crippen LogP contribution in [0, 0.1) is 11.8 Å². The van der Waals surface area contributed by atoms with Gasteiger partial charge in [0.1, 0.15) is 0 Å². The standard InChI is InChI=1S/C12H24N2O3/c1-5-17-12(16)10(4)7-13-8-11(15)14-6-9(2)3/h9-10,13H,5-8H2,1-4H3,(H,14,15). The minimum absolute atomic E-state index is 0.0465. The quantitative estimate of drug-likeness (QED) is 0.612. The molecule has 0 radical (unpaired) electrons. The normalized spacial score (nSPS) is 12.3. The van der Waals surface area contributed by atoms with Crippen molar-refractivity contribution in [2.24, 2.45) is 11.8 Å². The van der Waals surface area contributed by atoms with Crippen LogP contribution in [0.2, 0.25) is 0 Å². The molecule has 0 aromatic heterocycles. The van der Waals surface area contributed by atoms with Crippen LogP contribution >= 0.6 is 0 Å². The molecule has 0 saturated heterocycles. The highest BCUT2D eigenvalue weighted by molar-refractivity contribution is 5.78. The highest BCUT2D eigenvalue weighted by atomic mass is 16.5. The Morgan fingerprint density at radius 2 is 1.82 bits per heavy atom. The van der Waals surface area contributed by atoms with E-state index in [9.17, 15) is 9.59 Å². The number of nitrogens with one attached hydrogen (secondary N) is 2. The third-order valence-corrected chi connectivity index (χ3v) is 2.13. The molecule has 0 saturated carbocycles. The average molecular weight is 244 g/mol. The lowest BCUT2D eigenvalue weighted by atomic mass is 10.2. The molecule has 5 nitrogen and oxygen atoms in total. The van der Waals surface area contributed by atoms with E-state index in [0.717, 1.165) is 0 Å². The lowest BCUT2D eigenvalue weighted by Crippen LogP contribution is -2.38. The summed E-state index contributed by atoms with van der Waals surface area (Å²) in [5, 5.41) is 5.73. The van der Waals surface area contributed by atoms with Gasteiger partial charge in [-0.2, -0.15) is 0 Å². The zero-order valence-corrected chi connectivity index (χ0v) is 11.2. The summed E-state index contributed by atoms with van der Waals surface area (Å²) in [6, 6.07) is 0. The van der Waals surface area contributed by atoms with Gasteiger partial charge in [-0.05, 0) is 12.8 Å². The lowest BCUT2D eigenvalue weighted by Gasteiger charge is -2.12. The van der Waals surface area contributed by atoms with Crippen LogP contribution in [0.25, 0.3) is 0 Å². The molecule has 0 fully saturated rings. The van der Waals surface area contributed by atoms with E-state index >= 15 is 0 Å². The minimum Gasteiger partial charge on any atom is -0.466 e. The van der Waals surface area contributed by atoms with Crippen LogP contribution < -0.4 is 10.6 Å². The maximum absolute atomic E-state index is 11.3. The topological polar surface area (TPSA) is 67.4 Å². The third kappa shape index (κ3) is 8.68. The molecule has 0 aromatic rings. The van der Waals surface area contributed by atoms with Gasteiger partial charge in [0.2, 0.25) is 5.91 Å². The van der Waals surface area contributed by atoms with E-state index in [1.165, 1.54) is 0 Å². The molecule has 5 heteroatoms. The summed E-state index contributed by atoms with van der Waals surface area (Å²) in [6.45, 7) is 9.37. The SMILES string of the molecule is CCOC(=O)C(C)CNCC(=O)NCC(C)C. The van der Waals surface area contributed by atoms with E-state index in [-0.39, 0.29) is 24.3 Å². The van der Waals surface area contributed by atoms with Crippen LogP contribution in [0.5, 0.6) is 0 Å². The fraction of sp³-hybridized carbons (Fsp3) is 0.833. The molecule has 100 valence electrons. The number of carbonyl (C=O) groups is 2. The van der Waals surface area contributed by atoms with Crippen molar-refractivity contribution in [2.45, 2.75) is 27.7 Å². The number of amides is 1. The van der Waals surface area contributed by atoms with Crippen molar-refractivity contribution < 1.29 is 14.3 Å². The second-order valence-corrected chi connectivity index (χ2v) is 4.48. The highest BCUT2D eigenvalue weighted by Crippen LogP contribution is 1.96. The second kappa shape index (κ2) is 8.98. The average Bonchev–Trinajstić information content (AvgIpc) is 2.26. The predicted molar refractivity (Wildman–Crippen MR) is 66.5 cm³/mol. The van der Waals surface area contributed by atoms with Crippen LogP contribution in [-0.2, 0) is 14.3 Å². The van der Waals surface area contributed by atoms with Crippen molar-refractivity contribution in [3.8, 4) is 0 Å². The van der Waals surface area contributed by atoms with Crippen molar-refractivity contribution in [1.29, 1.82) is 0 Å². The molecule has 0 bridgehead atoms. The van der Waals surface area contributed by atoms with Crippen LogP contribution in [-0.4, -0.2) is 38.1 Å². The van der Waals surface area contributed by atoms with Crippen molar-refractivity contribution in [2.75, 3.05) is 26.2 Å². The van der Waals surface area contributed by atoms with Crippen LogP contribution in [0.3, 0.4) is 0 Å². The first-order chi connectivity index (χ1) is 7.97. The zero-order valence-electron chi connectivity index (χ0n) is 11.2. The Hall–Kier alpha value is -1.10. The molecule has 2 N–H and O–H groups in total. The van der Waals surface area contributed by atoms with Gasteiger partial charge in [0.25, 0.3) is 0 Å². The maximum atomic E-state index is 11.3. The molecule has 0 aliphatic heterocycles. The van der Waals surface area contributed by atoms with E-state index in [1.807, 2.05) is 13.8 Å². The molecule has 17 heavy (non-hydrogen) atoms. The summed E-state index contributed by atoms with van der Waals surface area (Å²) < 4.78 is 4.86. The van der Waals surface area contributed by atoms with E-state index in [1.54, 1.807) is 13.8 Å². The Bertz CT molecular complexity index is 242. The molecule has 0 heterocycles. The summed E-state index contributed by atoms with van der Waals surface area (Å²) >= 11 is 0. The van der Waals surface area contributed by atoms with Crippen LogP contribution in [0.15, 0.2) is 0 Å². The molecule has 0 rings (SSSR count). The summed E-state index contributed by atoms with van der Waals surface area (Å²) in [5.74, 6) is -0.0670. The Labute approximate surface area is 103 Å². The van der Waals surface area contributed by atoms with Crippen molar-refractivity contribution >= 4 is 11.9 Å². The zero-order chi connectivity index (χ0) is 13.3. The number of carbonyl (C=O) groups excluding carboxylic acids is 2. The molecule has 1 amide bonds. The second-order valence-electron chi connectivity index (χ2n) is 4.48. The first kappa shape index (κ1) is 15.9. The van der Waals surface area contributed by atoms with Gasteiger partial charge < -0.3 is 15.4 Å². The molecule has 0 aliphatic carbocycles. The minimum atomic E-state index is -0.234. The van der Waals surface area contributed by atoms with E-state index in [0.29, 0.717) is 25.6 Å². The highest BCUT2D eigenvalue weighted by Gasteiger charge is 2.13. The molecule has 0 aliphatic rings. The van der Waals surface area contributed by atoms with Gasteiger partial charge in [-0.25, -0.2) is 0 Å². The van der Waals surface area contributed by atoms with Gasteiger partial charge in [0.05, 0.1) is 19.1 Å². The van der Waals surface area contributed by atoms with E-state index < -0.39 is 0 Å². The molecule has 0 spiro atoms. The number of ether oxygens (including phenoxy) is 1. The largest absolute Gasteiger partial charge is 0.466 e. The molecule has 1 unspecified atom stereocenters. The van der Waals surface area contributed by atoms with Gasteiger partial charge >= 0.3 is 5.97 Å². The molecular weight excluding hydrogens is 220 g/mol. The Kier molecular flexibility index (Phi) is 8.40. The predicted octanol–water partition coefficient (Wildman–Crippen LogP) is 0.547. The monoisotopic (exact) mass is 244 g/mol. The number of hydrogen-bond donors (Lipinski definition) is 2. The van der Waals surface area contributed by atoms with Gasteiger partial charge in [-0.15, -0.1) is 0 Å². The van der Waals surface area contributed by atoms with Crippen molar-refractivity contribution in [3.05, 3.63) is 0 Å². The maximum Gasteiger partial charge on any atom is 0.309 e. The number of hydrogen-bond acceptors (Lipinski definition) is 4. The smallest absolute Gasteiger partial charge is 0.309 e. The first-order valence-corrected chi connectivity index (χ1v) is 6.11. The fourth-order valence-corrected chi connectivity index (χ4v) is 1.15. The fourth-order valence-electron chi connectivity index (χ4n) is 1.15. The molecule has 0 aromatic carbocycles. The van der Waals surface area contributed by atoms with E-state index in [4.69, 9.17) is 4.74 Å². The van der Waals surface area contributed by atoms with Crippen LogP contribution in [0.1, 0.15) is 27.7 Å². The van der Waals surface area contributed by atoms with Gasteiger partial charge in [-0.1, -0.05) is 20.8 Å². The Balaban J connectivity index is 3.62. The Morgan fingerprint density at radius 3 is 2.35 bits per heavy atom. The summed E-state index contributed by atoms with van der Waals surface area (Å²) in [6.07, 6.45) is 0. The lowest BCUT2D eigenvalue weighted by molar-refractivity contribution is -0.147. The van der Waals surface area contributed by atoms with Crippen LogP contribution in [0.4, 0.5) is 0 Å². The Morgan fingerprint density at radius 1 is 1.18 bits per heavy atom. The number of rotatable bonds is 8. The first-order valence-electron chi connectivity index (χ1n) is 6.11. The van der Waals surface area contributed by atoms with Gasteiger partial charge in [0, 0.05) is 13.1 Å². The number of esters is 1. The third-order valence-electron chi connectivity index (χ3n) is 2.13. The summed E-state index contributed by atoms with van der Waals surface area (Å²) in [5.41, 5.74) is 0. The van der Waals surface area contributed by atoms with Gasteiger partial charge in [0.15, 0.2) is 0 Å². The van der Waals surface area contributed by atoms with Crippen molar-refractivity contribution in [3.63, 3.8) is 0 Å². The molecular formula is C12H24N2O3. The molecule has 1 atom stereocenters. The van der Waals surface area contributed by atoms with Crippen molar-refractivity contribution in [1.82, 2.24) is 10.6 Å².